The first-order valence-corrected chi connectivity index (χ1v) is 16.6. The summed E-state index contributed by atoms with van der Waals surface area (Å²) < 4.78 is 18.9. The fraction of sp³-hybridized carbons (Fsp3) is 0.824. The molecular formula is C34H62N2O3. The fourth-order valence-corrected chi connectivity index (χ4v) is 5.31. The molecule has 0 fully saturated rings. The van der Waals surface area contributed by atoms with Gasteiger partial charge in [0.15, 0.2) is 12.5 Å². The minimum Gasteiger partial charge on any atom is -0.473 e. The molecule has 2 unspecified atom stereocenters. The lowest BCUT2D eigenvalue weighted by atomic mass is 10.1. The van der Waals surface area contributed by atoms with E-state index in [9.17, 15) is 0 Å². The third-order valence-electron chi connectivity index (χ3n) is 8.10. The van der Waals surface area contributed by atoms with Crippen molar-refractivity contribution in [2.24, 2.45) is 0 Å². The molecule has 0 radical (unpaired) electrons. The number of unbranched alkanes of at least 4 members (excludes halogenated alkanes) is 16. The molecule has 226 valence electrons. The molecule has 0 aliphatic carbocycles. The van der Waals surface area contributed by atoms with Crippen molar-refractivity contribution < 1.29 is 14.2 Å². The second-order valence-electron chi connectivity index (χ2n) is 11.8. The van der Waals surface area contributed by atoms with Crippen LogP contribution in [0, 0.1) is 0 Å². The van der Waals surface area contributed by atoms with Crippen molar-refractivity contribution in [3.8, 4) is 11.5 Å². The Labute approximate surface area is 242 Å². The van der Waals surface area contributed by atoms with Crippen LogP contribution in [-0.4, -0.2) is 62.7 Å². The number of fused-ring (bicyclic) bond motifs is 8. The molecule has 0 N–H and O–H groups in total. The summed E-state index contributed by atoms with van der Waals surface area (Å²) in [6.45, 7) is 7.71. The number of rotatable bonds is 22. The van der Waals surface area contributed by atoms with Crippen LogP contribution >= 0.6 is 0 Å². The van der Waals surface area contributed by atoms with Gasteiger partial charge in [0.25, 0.3) is 0 Å². The van der Waals surface area contributed by atoms with Crippen molar-refractivity contribution in [3.05, 3.63) is 24.3 Å². The highest BCUT2D eigenvalue weighted by Crippen LogP contribution is 2.23. The Morgan fingerprint density at radius 1 is 0.513 bits per heavy atom. The Morgan fingerprint density at radius 2 is 0.821 bits per heavy atom. The number of hydrogen-bond donors (Lipinski definition) is 0. The van der Waals surface area contributed by atoms with Crippen LogP contribution in [-0.2, 0) is 4.74 Å². The van der Waals surface area contributed by atoms with E-state index in [-0.39, 0.29) is 12.5 Å². The fourth-order valence-electron chi connectivity index (χ4n) is 5.31. The number of ether oxygens (including phenoxy) is 3. The van der Waals surface area contributed by atoms with E-state index in [0.29, 0.717) is 13.2 Å². The number of likely N-dealkylation sites (N-methyl/N-ethyl adjacent to an activating group) is 2. The summed E-state index contributed by atoms with van der Waals surface area (Å²) in [5, 5.41) is 0. The zero-order chi connectivity index (χ0) is 28.0. The van der Waals surface area contributed by atoms with E-state index in [2.05, 4.69) is 37.7 Å². The molecular weight excluding hydrogens is 484 g/mol. The zero-order valence-electron chi connectivity index (χ0n) is 26.1. The minimum absolute atomic E-state index is 0.0914. The molecule has 2 aliphatic heterocycles. The molecule has 2 bridgehead atoms. The summed E-state index contributed by atoms with van der Waals surface area (Å²) >= 11 is 0. The minimum atomic E-state index is -0.0914. The Morgan fingerprint density at radius 3 is 1.15 bits per heavy atom. The monoisotopic (exact) mass is 546 g/mol. The largest absolute Gasteiger partial charge is 0.473 e. The lowest BCUT2D eigenvalue weighted by Crippen LogP contribution is -2.44. The molecule has 0 amide bonds. The lowest BCUT2D eigenvalue weighted by molar-refractivity contribution is -0.0741. The average Bonchev–Trinajstić information content (AvgIpc) is 3.01. The van der Waals surface area contributed by atoms with Gasteiger partial charge in [-0.2, -0.15) is 0 Å². The van der Waals surface area contributed by atoms with Crippen molar-refractivity contribution in [3.63, 3.8) is 0 Å². The highest BCUT2D eigenvalue weighted by molar-refractivity contribution is 5.31. The molecule has 39 heavy (non-hydrogen) atoms. The highest BCUT2D eigenvalue weighted by Gasteiger charge is 2.22. The Kier molecular flexibility index (Phi) is 19.5. The van der Waals surface area contributed by atoms with Crippen LogP contribution in [0.2, 0.25) is 0 Å². The molecule has 1 aromatic carbocycles. The van der Waals surface area contributed by atoms with E-state index in [4.69, 9.17) is 14.2 Å². The number of hydrogen-bond acceptors (Lipinski definition) is 5. The van der Waals surface area contributed by atoms with Crippen LogP contribution < -0.4 is 9.47 Å². The molecule has 2 heterocycles. The van der Waals surface area contributed by atoms with Crippen molar-refractivity contribution in [2.45, 2.75) is 142 Å². The normalized spacial score (nSPS) is 17.8. The van der Waals surface area contributed by atoms with Crippen molar-refractivity contribution in [1.29, 1.82) is 0 Å². The van der Waals surface area contributed by atoms with E-state index in [1.807, 2.05) is 24.3 Å². The maximum atomic E-state index is 6.35. The highest BCUT2D eigenvalue weighted by atomic mass is 16.6. The number of nitrogens with zero attached hydrogens (tertiary/aromatic N) is 2. The molecule has 0 spiro atoms. The zero-order valence-corrected chi connectivity index (χ0v) is 26.1. The summed E-state index contributed by atoms with van der Waals surface area (Å²) in [6.07, 6.45) is 24.1. The van der Waals surface area contributed by atoms with Crippen molar-refractivity contribution in [1.82, 2.24) is 9.80 Å². The third-order valence-corrected chi connectivity index (χ3v) is 8.10. The summed E-state index contributed by atoms with van der Waals surface area (Å²) in [6, 6.07) is 8.10. The van der Waals surface area contributed by atoms with Crippen molar-refractivity contribution in [2.75, 3.05) is 40.4 Å². The van der Waals surface area contributed by atoms with Crippen LogP contribution in [0.1, 0.15) is 129 Å². The Bertz CT molecular complexity index is 627. The maximum absolute atomic E-state index is 6.35. The quantitative estimate of drug-likeness (QED) is 0.107. The van der Waals surface area contributed by atoms with Gasteiger partial charge in [-0.3, -0.25) is 9.80 Å². The van der Waals surface area contributed by atoms with Gasteiger partial charge >= 0.3 is 0 Å². The van der Waals surface area contributed by atoms with Gasteiger partial charge in [-0.1, -0.05) is 117 Å². The second kappa shape index (κ2) is 22.4. The van der Waals surface area contributed by atoms with Gasteiger partial charge in [-0.05, 0) is 51.2 Å². The van der Waals surface area contributed by atoms with Crippen LogP contribution in [0.15, 0.2) is 24.3 Å². The van der Waals surface area contributed by atoms with Gasteiger partial charge in [-0.25, -0.2) is 0 Å². The van der Waals surface area contributed by atoms with E-state index < -0.39 is 0 Å². The Hall–Kier alpha value is -1.30. The average molecular weight is 547 g/mol. The van der Waals surface area contributed by atoms with E-state index in [0.717, 1.165) is 24.6 Å². The maximum Gasteiger partial charge on any atom is 0.175 e. The van der Waals surface area contributed by atoms with Crippen LogP contribution in [0.5, 0.6) is 11.5 Å². The molecule has 0 aromatic heterocycles. The van der Waals surface area contributed by atoms with Gasteiger partial charge in [0, 0.05) is 13.1 Å². The molecule has 3 rings (SSSR count). The molecule has 0 saturated heterocycles. The molecule has 5 nitrogen and oxygen atoms in total. The summed E-state index contributed by atoms with van der Waals surface area (Å²) in [7, 11) is 4.33. The van der Waals surface area contributed by atoms with Gasteiger partial charge < -0.3 is 14.2 Å². The standard InChI is InChI=1S/C34H62N2O3/c1-5-7-9-11-13-15-17-19-21-27-35(3)33-29-37-30-34(39-32-25-23-31(38-33)24-26-32)36(4)28-22-20-18-16-14-12-10-8-6-2/h23-26,33-34H,5-22,27-30H2,1-4H3. The summed E-state index contributed by atoms with van der Waals surface area (Å²) in [4.78, 5) is 4.63. The lowest BCUT2D eigenvalue weighted by Gasteiger charge is -2.30. The van der Waals surface area contributed by atoms with Gasteiger partial charge in [0.1, 0.15) is 11.5 Å². The first kappa shape index (κ1) is 33.9. The third kappa shape index (κ3) is 15.9. The predicted octanol–water partition coefficient (Wildman–Crippen LogP) is 9.05. The van der Waals surface area contributed by atoms with Crippen LogP contribution in [0.3, 0.4) is 0 Å². The first-order valence-electron chi connectivity index (χ1n) is 16.6. The van der Waals surface area contributed by atoms with Crippen molar-refractivity contribution >= 4 is 0 Å². The topological polar surface area (TPSA) is 34.2 Å². The summed E-state index contributed by atoms with van der Waals surface area (Å²) in [5.74, 6) is 1.74. The van der Waals surface area contributed by atoms with Crippen LogP contribution in [0.25, 0.3) is 0 Å². The SMILES string of the molecule is CCCCCCCCCCCN(C)C1COCC(N(C)CCCCCCCCCCC)Oc2ccc(cc2)O1. The first-order chi connectivity index (χ1) is 19.1. The number of benzene rings is 1. The molecule has 2 atom stereocenters. The smallest absolute Gasteiger partial charge is 0.175 e. The second-order valence-corrected chi connectivity index (χ2v) is 11.8. The summed E-state index contributed by atoms with van der Waals surface area (Å²) in [5.41, 5.74) is 0. The van der Waals surface area contributed by atoms with E-state index >= 15 is 0 Å². The van der Waals surface area contributed by atoms with Gasteiger partial charge in [0.2, 0.25) is 0 Å². The molecule has 5 heteroatoms. The van der Waals surface area contributed by atoms with Gasteiger partial charge in [0.05, 0.1) is 13.2 Å². The van der Waals surface area contributed by atoms with Gasteiger partial charge in [-0.15, -0.1) is 0 Å². The van der Waals surface area contributed by atoms with E-state index in [1.54, 1.807) is 0 Å². The predicted molar refractivity (Wildman–Crippen MR) is 166 cm³/mol. The molecule has 0 saturated carbocycles. The Balaban J connectivity index is 1.72. The van der Waals surface area contributed by atoms with Crippen LogP contribution in [0.4, 0.5) is 0 Å². The van der Waals surface area contributed by atoms with E-state index in [1.165, 1.54) is 116 Å². The molecule has 2 aliphatic rings. The molecule has 1 aromatic rings.